The van der Waals surface area contributed by atoms with Crippen LogP contribution in [-0.2, 0) is 0 Å². The molecule has 1 aromatic carbocycles. The van der Waals surface area contributed by atoms with Crippen LogP contribution in [-0.4, -0.2) is 17.4 Å². The average molecular weight is 228 g/mol. The standard InChI is InChI=1S/C12H12N4O/c1-2-14-16-9-6-13-11-10-7(9)4-3-5-8(10)12(17)15-11/h3-6,14,16H,2H2,1H3,(H,13,15,17). The molecule has 1 aromatic heterocycles. The number of benzene rings is 1. The molecule has 0 spiro atoms. The van der Waals surface area contributed by atoms with Crippen molar-refractivity contribution in [1.29, 1.82) is 0 Å². The van der Waals surface area contributed by atoms with Crippen LogP contribution in [0.1, 0.15) is 17.3 Å². The normalized spacial score (nSPS) is 12.9. The van der Waals surface area contributed by atoms with Gasteiger partial charge < -0.3 is 10.7 Å². The monoisotopic (exact) mass is 228 g/mol. The molecule has 0 saturated heterocycles. The van der Waals surface area contributed by atoms with Crippen molar-refractivity contribution in [2.75, 3.05) is 17.3 Å². The van der Waals surface area contributed by atoms with Crippen molar-refractivity contribution >= 4 is 28.2 Å². The van der Waals surface area contributed by atoms with E-state index in [2.05, 4.69) is 21.2 Å². The zero-order valence-electron chi connectivity index (χ0n) is 9.37. The van der Waals surface area contributed by atoms with Crippen molar-refractivity contribution < 1.29 is 4.79 Å². The number of hydrazine groups is 1. The van der Waals surface area contributed by atoms with E-state index in [0.717, 1.165) is 23.0 Å². The molecule has 1 amide bonds. The molecule has 0 unspecified atom stereocenters. The summed E-state index contributed by atoms with van der Waals surface area (Å²) in [7, 11) is 0. The molecule has 0 fully saturated rings. The van der Waals surface area contributed by atoms with Gasteiger partial charge in [0.05, 0.1) is 17.4 Å². The third-order valence-corrected chi connectivity index (χ3v) is 2.79. The highest BCUT2D eigenvalue weighted by Gasteiger charge is 2.23. The van der Waals surface area contributed by atoms with E-state index < -0.39 is 0 Å². The van der Waals surface area contributed by atoms with Crippen molar-refractivity contribution in [2.24, 2.45) is 0 Å². The number of hydrogen-bond acceptors (Lipinski definition) is 4. The number of carbonyl (C=O) groups excluding carboxylic acids is 1. The summed E-state index contributed by atoms with van der Waals surface area (Å²) in [5.41, 5.74) is 7.68. The molecular weight excluding hydrogens is 216 g/mol. The Hall–Kier alpha value is -2.14. The lowest BCUT2D eigenvalue weighted by molar-refractivity contribution is 0.103. The summed E-state index contributed by atoms with van der Waals surface area (Å²) in [6, 6.07) is 5.67. The first-order valence-electron chi connectivity index (χ1n) is 5.53. The Morgan fingerprint density at radius 2 is 2.29 bits per heavy atom. The Kier molecular flexibility index (Phi) is 2.19. The number of rotatable bonds is 3. The second-order valence-electron chi connectivity index (χ2n) is 3.86. The van der Waals surface area contributed by atoms with Gasteiger partial charge in [-0.15, -0.1) is 0 Å². The lowest BCUT2D eigenvalue weighted by Gasteiger charge is -2.09. The van der Waals surface area contributed by atoms with E-state index in [9.17, 15) is 4.79 Å². The number of aromatic nitrogens is 1. The Morgan fingerprint density at radius 3 is 3.12 bits per heavy atom. The molecule has 5 heteroatoms. The van der Waals surface area contributed by atoms with E-state index in [4.69, 9.17) is 0 Å². The van der Waals surface area contributed by atoms with Crippen molar-refractivity contribution in [3.63, 3.8) is 0 Å². The van der Waals surface area contributed by atoms with Gasteiger partial charge in [0, 0.05) is 17.3 Å². The highest BCUT2D eigenvalue weighted by molar-refractivity contribution is 6.24. The van der Waals surface area contributed by atoms with Crippen LogP contribution in [0.4, 0.5) is 11.5 Å². The van der Waals surface area contributed by atoms with E-state index >= 15 is 0 Å². The Balaban J connectivity index is 2.22. The minimum atomic E-state index is -0.0845. The molecule has 2 aromatic rings. The van der Waals surface area contributed by atoms with E-state index in [-0.39, 0.29) is 5.91 Å². The largest absolute Gasteiger partial charge is 0.319 e. The van der Waals surface area contributed by atoms with E-state index in [1.54, 1.807) is 6.20 Å². The molecule has 3 rings (SSSR count). The van der Waals surface area contributed by atoms with E-state index in [0.29, 0.717) is 11.4 Å². The number of amides is 1. The molecule has 0 radical (unpaired) electrons. The molecule has 1 aliphatic heterocycles. The molecular formula is C12H12N4O. The van der Waals surface area contributed by atoms with Gasteiger partial charge in [-0.1, -0.05) is 19.1 Å². The minimum Gasteiger partial charge on any atom is -0.319 e. The van der Waals surface area contributed by atoms with Crippen LogP contribution in [0.2, 0.25) is 0 Å². The molecule has 5 nitrogen and oxygen atoms in total. The molecule has 0 bridgehead atoms. The van der Waals surface area contributed by atoms with Crippen LogP contribution in [0.15, 0.2) is 24.4 Å². The smallest absolute Gasteiger partial charge is 0.257 e. The predicted octanol–water partition coefficient (Wildman–Crippen LogP) is 1.74. The summed E-state index contributed by atoms with van der Waals surface area (Å²) in [5, 5.41) is 4.64. The van der Waals surface area contributed by atoms with Gasteiger partial charge >= 0.3 is 0 Å². The molecule has 1 aliphatic rings. The number of hydrogen-bond donors (Lipinski definition) is 3. The summed E-state index contributed by atoms with van der Waals surface area (Å²) in [6.45, 7) is 2.81. The first-order chi connectivity index (χ1) is 8.31. The number of anilines is 2. The molecule has 3 N–H and O–H groups in total. The lowest BCUT2D eigenvalue weighted by atomic mass is 10.1. The van der Waals surface area contributed by atoms with Gasteiger partial charge in [0.1, 0.15) is 5.82 Å². The Labute approximate surface area is 98.2 Å². The van der Waals surface area contributed by atoms with Gasteiger partial charge in [-0.3, -0.25) is 4.79 Å². The van der Waals surface area contributed by atoms with Gasteiger partial charge in [-0.05, 0) is 6.07 Å². The zero-order valence-corrected chi connectivity index (χ0v) is 9.37. The highest BCUT2D eigenvalue weighted by atomic mass is 16.1. The maximum absolute atomic E-state index is 11.7. The molecule has 86 valence electrons. The predicted molar refractivity (Wildman–Crippen MR) is 67.0 cm³/mol. The van der Waals surface area contributed by atoms with Crippen molar-refractivity contribution in [3.05, 3.63) is 30.0 Å². The van der Waals surface area contributed by atoms with Crippen molar-refractivity contribution in [1.82, 2.24) is 10.4 Å². The quantitative estimate of drug-likeness (QED) is 0.700. The number of carbonyl (C=O) groups is 1. The molecule has 17 heavy (non-hydrogen) atoms. The molecule has 2 heterocycles. The molecule has 0 aliphatic carbocycles. The fraction of sp³-hybridized carbons (Fsp3) is 0.167. The van der Waals surface area contributed by atoms with Crippen molar-refractivity contribution in [3.8, 4) is 0 Å². The van der Waals surface area contributed by atoms with Crippen LogP contribution in [0.3, 0.4) is 0 Å². The van der Waals surface area contributed by atoms with Gasteiger partial charge in [-0.2, -0.15) is 0 Å². The molecule has 0 saturated carbocycles. The van der Waals surface area contributed by atoms with Crippen molar-refractivity contribution in [2.45, 2.75) is 6.92 Å². The number of nitrogens with zero attached hydrogens (tertiary/aromatic N) is 1. The number of nitrogens with one attached hydrogen (secondary N) is 3. The van der Waals surface area contributed by atoms with Gasteiger partial charge in [-0.25, -0.2) is 10.4 Å². The maximum Gasteiger partial charge on any atom is 0.257 e. The third kappa shape index (κ3) is 1.43. The third-order valence-electron chi connectivity index (χ3n) is 2.79. The highest BCUT2D eigenvalue weighted by Crippen LogP contribution is 2.34. The fourth-order valence-electron chi connectivity index (χ4n) is 2.04. The molecule has 0 atom stereocenters. The SMILES string of the molecule is CCNNc1cnc2c3c(cccc13)C(=O)N2. The first-order valence-corrected chi connectivity index (χ1v) is 5.53. The topological polar surface area (TPSA) is 66.0 Å². The lowest BCUT2D eigenvalue weighted by Crippen LogP contribution is -2.20. The minimum absolute atomic E-state index is 0.0845. The summed E-state index contributed by atoms with van der Waals surface area (Å²) in [4.78, 5) is 15.9. The zero-order chi connectivity index (χ0) is 11.8. The Bertz CT molecular complexity index is 609. The summed E-state index contributed by atoms with van der Waals surface area (Å²) in [6.07, 6.45) is 1.72. The van der Waals surface area contributed by atoms with Gasteiger partial charge in [0.25, 0.3) is 5.91 Å². The van der Waals surface area contributed by atoms with Gasteiger partial charge in [0.2, 0.25) is 0 Å². The van der Waals surface area contributed by atoms with Gasteiger partial charge in [0.15, 0.2) is 0 Å². The summed E-state index contributed by atoms with van der Waals surface area (Å²) in [5.74, 6) is 0.557. The van der Waals surface area contributed by atoms with Crippen LogP contribution in [0.5, 0.6) is 0 Å². The summed E-state index contributed by atoms with van der Waals surface area (Å²) < 4.78 is 0. The summed E-state index contributed by atoms with van der Waals surface area (Å²) >= 11 is 0. The number of pyridine rings is 1. The second kappa shape index (κ2) is 3.71. The fourth-order valence-corrected chi connectivity index (χ4v) is 2.04. The van der Waals surface area contributed by atoms with E-state index in [1.807, 2.05) is 25.1 Å². The van der Waals surface area contributed by atoms with Crippen LogP contribution >= 0.6 is 0 Å². The first kappa shape index (κ1) is 10.0. The average Bonchev–Trinajstić information content (AvgIpc) is 2.68. The maximum atomic E-state index is 11.7. The second-order valence-corrected chi connectivity index (χ2v) is 3.86. The van der Waals surface area contributed by atoms with E-state index in [1.165, 1.54) is 0 Å². The van der Waals surface area contributed by atoms with Crippen LogP contribution < -0.4 is 16.2 Å². The Morgan fingerprint density at radius 1 is 1.41 bits per heavy atom. The van der Waals surface area contributed by atoms with Crippen LogP contribution in [0.25, 0.3) is 10.8 Å². The van der Waals surface area contributed by atoms with Crippen LogP contribution in [0, 0.1) is 0 Å².